The van der Waals surface area contributed by atoms with E-state index in [0.29, 0.717) is 16.6 Å². The second-order valence-corrected chi connectivity index (χ2v) is 12.6. The van der Waals surface area contributed by atoms with E-state index in [1.165, 1.54) is 0 Å². The number of hydrogen-bond acceptors (Lipinski definition) is 0. The summed E-state index contributed by atoms with van der Waals surface area (Å²) in [5, 5.41) is 0. The number of halogens is 1. The Bertz CT molecular complexity index is 456. The smallest absolute Gasteiger partial charge is 0.125 e. The summed E-state index contributed by atoms with van der Waals surface area (Å²) in [6.07, 6.45) is 0. The molecule has 2 heteroatoms. The van der Waals surface area contributed by atoms with Crippen molar-refractivity contribution in [3.8, 4) is 11.5 Å². The van der Waals surface area contributed by atoms with Crippen LogP contribution in [0, 0.1) is 17.5 Å². The van der Waals surface area contributed by atoms with Crippen LogP contribution in [0.1, 0.15) is 47.1 Å². The standard InChI is InChI=1S/C17H24BrSi/c1-13(2)19(14(3)4,15(5)6)11-10-16-8-7-9-17(18)12-16/h8-9,12-15H,1-6H3. The van der Waals surface area contributed by atoms with E-state index in [0.717, 1.165) is 10.0 Å². The molecule has 0 unspecified atom stereocenters. The van der Waals surface area contributed by atoms with Gasteiger partial charge >= 0.3 is 0 Å². The van der Waals surface area contributed by atoms with E-state index in [9.17, 15) is 0 Å². The van der Waals surface area contributed by atoms with Crippen molar-refractivity contribution in [3.05, 3.63) is 34.3 Å². The molecule has 0 spiro atoms. The van der Waals surface area contributed by atoms with Gasteiger partial charge in [0.05, 0.1) is 0 Å². The van der Waals surface area contributed by atoms with Gasteiger partial charge in [-0.15, -0.1) is 5.54 Å². The molecule has 1 radical (unpaired) electrons. The Hall–Kier alpha value is -0.523. The van der Waals surface area contributed by atoms with E-state index >= 15 is 0 Å². The SMILES string of the molecule is CC(C)[Si](C#Cc1c[c]cc(Br)c1)(C(C)C)C(C)C. The van der Waals surface area contributed by atoms with E-state index in [-0.39, 0.29) is 0 Å². The molecule has 0 saturated carbocycles. The highest BCUT2D eigenvalue weighted by atomic mass is 79.9. The summed E-state index contributed by atoms with van der Waals surface area (Å²) in [6, 6.07) is 9.08. The zero-order chi connectivity index (χ0) is 14.6. The first-order chi connectivity index (χ1) is 8.80. The van der Waals surface area contributed by atoms with Crippen LogP contribution in [0.4, 0.5) is 0 Å². The lowest BCUT2D eigenvalue weighted by Crippen LogP contribution is -2.43. The average Bonchev–Trinajstić information content (AvgIpc) is 2.28. The quantitative estimate of drug-likeness (QED) is 0.482. The van der Waals surface area contributed by atoms with Crippen molar-refractivity contribution in [3.63, 3.8) is 0 Å². The van der Waals surface area contributed by atoms with Crippen molar-refractivity contribution >= 4 is 24.0 Å². The molecule has 0 fully saturated rings. The number of benzene rings is 1. The van der Waals surface area contributed by atoms with Crippen LogP contribution in [0.5, 0.6) is 0 Å². The molecule has 0 bridgehead atoms. The minimum absolute atomic E-state index is 0.677. The minimum atomic E-state index is -1.62. The van der Waals surface area contributed by atoms with Gasteiger partial charge in [-0.3, -0.25) is 0 Å². The van der Waals surface area contributed by atoms with Gasteiger partial charge in [0.15, 0.2) is 0 Å². The molecule has 0 aliphatic rings. The fourth-order valence-corrected chi connectivity index (χ4v) is 8.73. The first-order valence-corrected chi connectivity index (χ1v) is 10.0. The maximum Gasteiger partial charge on any atom is 0.146 e. The molecule has 103 valence electrons. The van der Waals surface area contributed by atoms with Crippen molar-refractivity contribution < 1.29 is 0 Å². The summed E-state index contributed by atoms with van der Waals surface area (Å²) in [5.74, 6) is 3.42. The van der Waals surface area contributed by atoms with Crippen LogP contribution in [0.2, 0.25) is 16.6 Å². The second kappa shape index (κ2) is 6.77. The number of rotatable bonds is 3. The highest BCUT2D eigenvalue weighted by Crippen LogP contribution is 2.40. The molecule has 1 aromatic rings. The van der Waals surface area contributed by atoms with Gasteiger partial charge in [-0.1, -0.05) is 63.4 Å². The summed E-state index contributed by atoms with van der Waals surface area (Å²) in [7, 11) is -1.62. The van der Waals surface area contributed by atoms with Gasteiger partial charge in [0, 0.05) is 10.0 Å². The summed E-state index contributed by atoms with van der Waals surface area (Å²) >= 11 is 3.48. The average molecular weight is 336 g/mol. The van der Waals surface area contributed by atoms with Gasteiger partial charge in [0.2, 0.25) is 0 Å². The zero-order valence-electron chi connectivity index (χ0n) is 12.8. The molecule has 0 atom stereocenters. The Morgan fingerprint density at radius 3 is 1.95 bits per heavy atom. The van der Waals surface area contributed by atoms with Gasteiger partial charge in [-0.05, 0) is 40.9 Å². The molecular weight excluding hydrogens is 312 g/mol. The number of hydrogen-bond donors (Lipinski definition) is 0. The Kier molecular flexibility index (Phi) is 5.89. The third-order valence-corrected chi connectivity index (χ3v) is 10.8. The second-order valence-electron chi connectivity index (χ2n) is 6.09. The maximum absolute atomic E-state index is 3.72. The Morgan fingerprint density at radius 2 is 1.53 bits per heavy atom. The van der Waals surface area contributed by atoms with Crippen molar-refractivity contribution in [1.29, 1.82) is 0 Å². The normalized spacial score (nSPS) is 11.9. The highest BCUT2D eigenvalue weighted by molar-refractivity contribution is 9.10. The predicted octanol–water partition coefficient (Wildman–Crippen LogP) is 5.82. The molecular formula is C17H24BrSi. The van der Waals surface area contributed by atoms with Gasteiger partial charge in [-0.2, -0.15) is 0 Å². The molecule has 0 aromatic heterocycles. The molecule has 0 nitrogen and oxygen atoms in total. The lowest BCUT2D eigenvalue weighted by Gasteiger charge is -2.38. The van der Waals surface area contributed by atoms with Gasteiger partial charge < -0.3 is 0 Å². The van der Waals surface area contributed by atoms with Crippen LogP contribution in [0.15, 0.2) is 22.7 Å². The van der Waals surface area contributed by atoms with Gasteiger partial charge in [0.25, 0.3) is 0 Å². The highest BCUT2D eigenvalue weighted by Gasteiger charge is 2.41. The van der Waals surface area contributed by atoms with Gasteiger partial charge in [0.1, 0.15) is 8.07 Å². The molecule has 0 aliphatic heterocycles. The minimum Gasteiger partial charge on any atom is -0.125 e. The molecule has 0 saturated heterocycles. The summed E-state index contributed by atoms with van der Waals surface area (Å²) in [6.45, 7) is 14.0. The Balaban J connectivity index is 3.23. The van der Waals surface area contributed by atoms with Crippen LogP contribution in [-0.4, -0.2) is 8.07 Å². The fourth-order valence-electron chi connectivity index (χ4n) is 3.13. The van der Waals surface area contributed by atoms with Crippen LogP contribution in [-0.2, 0) is 0 Å². The van der Waals surface area contributed by atoms with Crippen molar-refractivity contribution in [2.75, 3.05) is 0 Å². The Labute approximate surface area is 128 Å². The summed E-state index contributed by atoms with van der Waals surface area (Å²) < 4.78 is 1.05. The predicted molar refractivity (Wildman–Crippen MR) is 90.9 cm³/mol. The van der Waals surface area contributed by atoms with E-state index in [1.54, 1.807) is 0 Å². The van der Waals surface area contributed by atoms with Crippen molar-refractivity contribution in [2.24, 2.45) is 0 Å². The lowest BCUT2D eigenvalue weighted by molar-refractivity contribution is 0.838. The lowest BCUT2D eigenvalue weighted by atomic mass is 10.2. The van der Waals surface area contributed by atoms with Crippen LogP contribution in [0.3, 0.4) is 0 Å². The van der Waals surface area contributed by atoms with E-state index in [2.05, 4.69) is 81.1 Å². The largest absolute Gasteiger partial charge is 0.146 e. The molecule has 0 heterocycles. The topological polar surface area (TPSA) is 0 Å². The maximum atomic E-state index is 3.72. The van der Waals surface area contributed by atoms with Crippen LogP contribution in [0.25, 0.3) is 0 Å². The third kappa shape index (κ3) is 3.74. The molecule has 0 N–H and O–H groups in total. The van der Waals surface area contributed by atoms with Crippen molar-refractivity contribution in [1.82, 2.24) is 0 Å². The van der Waals surface area contributed by atoms with Crippen LogP contribution >= 0.6 is 15.9 Å². The molecule has 1 aromatic carbocycles. The molecule has 0 aliphatic carbocycles. The Morgan fingerprint density at radius 1 is 1.00 bits per heavy atom. The van der Waals surface area contributed by atoms with E-state index < -0.39 is 8.07 Å². The van der Waals surface area contributed by atoms with Crippen molar-refractivity contribution in [2.45, 2.75) is 58.2 Å². The van der Waals surface area contributed by atoms with E-state index in [4.69, 9.17) is 0 Å². The van der Waals surface area contributed by atoms with Crippen LogP contribution < -0.4 is 0 Å². The molecule has 1 rings (SSSR count). The zero-order valence-corrected chi connectivity index (χ0v) is 15.4. The van der Waals surface area contributed by atoms with Gasteiger partial charge in [-0.25, -0.2) is 0 Å². The first kappa shape index (κ1) is 16.5. The van der Waals surface area contributed by atoms with E-state index in [1.807, 2.05) is 12.1 Å². The monoisotopic (exact) mass is 335 g/mol. The molecule has 0 amide bonds. The molecule has 19 heavy (non-hydrogen) atoms. The fraction of sp³-hybridized carbons (Fsp3) is 0.529. The summed E-state index contributed by atoms with van der Waals surface area (Å²) in [5.41, 5.74) is 6.82. The third-order valence-electron chi connectivity index (χ3n) is 4.04. The first-order valence-electron chi connectivity index (χ1n) is 7.00. The summed E-state index contributed by atoms with van der Waals surface area (Å²) in [4.78, 5) is 0.